The van der Waals surface area contributed by atoms with Crippen LogP contribution in [0.4, 0.5) is 0 Å². The normalized spacial score (nSPS) is 10.7. The maximum Gasteiger partial charge on any atom is 0.263 e. The summed E-state index contributed by atoms with van der Waals surface area (Å²) in [4.78, 5) is 29.6. The lowest BCUT2D eigenvalue weighted by atomic mass is 10.3. The van der Waals surface area contributed by atoms with E-state index < -0.39 is 0 Å². The molecule has 0 saturated carbocycles. The minimum Gasteiger partial charge on any atom is -0.351 e. The summed E-state index contributed by atoms with van der Waals surface area (Å²) >= 11 is 1.31. The minimum atomic E-state index is -0.104. The summed E-state index contributed by atoms with van der Waals surface area (Å²) in [5.74, 6) is 0.438. The van der Waals surface area contributed by atoms with Gasteiger partial charge < -0.3 is 9.88 Å². The zero-order valence-electron chi connectivity index (χ0n) is 12.6. The van der Waals surface area contributed by atoms with Gasteiger partial charge in [0.1, 0.15) is 4.88 Å². The van der Waals surface area contributed by atoms with Crippen LogP contribution in [-0.2, 0) is 6.54 Å². The summed E-state index contributed by atoms with van der Waals surface area (Å²) in [5, 5.41) is 3.58. The van der Waals surface area contributed by atoms with Gasteiger partial charge in [-0.05, 0) is 19.4 Å². The zero-order valence-corrected chi connectivity index (χ0v) is 13.5. The Balaban J connectivity index is 1.58. The predicted octanol–water partition coefficient (Wildman–Crippen LogP) is 1.93. The Morgan fingerprint density at radius 1 is 1.30 bits per heavy atom. The summed E-state index contributed by atoms with van der Waals surface area (Å²) in [6.45, 7) is 3.25. The van der Waals surface area contributed by atoms with Crippen LogP contribution >= 0.6 is 11.3 Å². The second-order valence-corrected chi connectivity index (χ2v) is 5.91. The fraction of sp³-hybridized carbons (Fsp3) is 0.267. The van der Waals surface area contributed by atoms with Crippen molar-refractivity contribution in [2.45, 2.75) is 19.9 Å². The first-order valence-corrected chi connectivity index (χ1v) is 8.04. The molecule has 7 nitrogen and oxygen atoms in total. The van der Waals surface area contributed by atoms with Gasteiger partial charge in [-0.2, -0.15) is 0 Å². The van der Waals surface area contributed by atoms with Crippen LogP contribution in [0.5, 0.6) is 0 Å². The molecule has 8 heteroatoms. The number of hydrogen-bond acceptors (Lipinski definition) is 6. The number of nitrogens with one attached hydrogen (secondary N) is 1. The predicted molar refractivity (Wildman–Crippen MR) is 87.1 cm³/mol. The molecule has 0 unspecified atom stereocenters. The molecule has 0 spiro atoms. The first kappa shape index (κ1) is 15.3. The number of amides is 1. The Morgan fingerprint density at radius 2 is 2.13 bits per heavy atom. The Morgan fingerprint density at radius 3 is 2.87 bits per heavy atom. The summed E-state index contributed by atoms with van der Waals surface area (Å²) in [6.07, 6.45) is 9.58. The van der Waals surface area contributed by atoms with Crippen molar-refractivity contribution in [2.24, 2.45) is 0 Å². The van der Waals surface area contributed by atoms with E-state index in [1.807, 2.05) is 17.7 Å². The van der Waals surface area contributed by atoms with E-state index in [2.05, 4.69) is 25.3 Å². The van der Waals surface area contributed by atoms with Gasteiger partial charge in [-0.1, -0.05) is 0 Å². The van der Waals surface area contributed by atoms with Crippen molar-refractivity contribution in [2.75, 3.05) is 6.54 Å². The highest BCUT2D eigenvalue weighted by molar-refractivity contribution is 7.17. The van der Waals surface area contributed by atoms with Crippen molar-refractivity contribution in [3.05, 3.63) is 47.8 Å². The van der Waals surface area contributed by atoms with E-state index in [1.54, 1.807) is 31.0 Å². The number of nitrogens with zero attached hydrogens (tertiary/aromatic N) is 5. The molecule has 0 aromatic carbocycles. The van der Waals surface area contributed by atoms with Crippen LogP contribution in [0, 0.1) is 6.92 Å². The fourth-order valence-corrected chi connectivity index (χ4v) is 3.01. The van der Waals surface area contributed by atoms with Gasteiger partial charge in [-0.25, -0.2) is 19.9 Å². The van der Waals surface area contributed by atoms with Gasteiger partial charge in [0.25, 0.3) is 5.91 Å². The smallest absolute Gasteiger partial charge is 0.263 e. The highest BCUT2D eigenvalue weighted by atomic mass is 32.1. The Labute approximate surface area is 137 Å². The van der Waals surface area contributed by atoms with E-state index in [0.717, 1.165) is 13.0 Å². The van der Waals surface area contributed by atoms with Crippen molar-refractivity contribution in [1.29, 1.82) is 0 Å². The van der Waals surface area contributed by atoms with Crippen molar-refractivity contribution < 1.29 is 4.79 Å². The van der Waals surface area contributed by atoms with Crippen LogP contribution in [0.2, 0.25) is 0 Å². The molecule has 3 heterocycles. The van der Waals surface area contributed by atoms with Crippen molar-refractivity contribution >= 4 is 17.2 Å². The molecule has 23 heavy (non-hydrogen) atoms. The van der Waals surface area contributed by atoms with E-state index >= 15 is 0 Å². The number of rotatable bonds is 6. The summed E-state index contributed by atoms with van der Waals surface area (Å²) in [7, 11) is 0. The van der Waals surface area contributed by atoms with Gasteiger partial charge in [0.05, 0.1) is 12.0 Å². The van der Waals surface area contributed by atoms with E-state index in [4.69, 9.17) is 0 Å². The third-order valence-corrected chi connectivity index (χ3v) is 4.35. The topological polar surface area (TPSA) is 85.6 Å². The monoisotopic (exact) mass is 328 g/mol. The first-order valence-electron chi connectivity index (χ1n) is 7.23. The van der Waals surface area contributed by atoms with Gasteiger partial charge in [0.15, 0.2) is 10.8 Å². The number of imidazole rings is 1. The van der Waals surface area contributed by atoms with Crippen molar-refractivity contribution in [1.82, 2.24) is 29.8 Å². The Hall–Kier alpha value is -2.61. The van der Waals surface area contributed by atoms with Crippen LogP contribution in [-0.4, -0.2) is 37.0 Å². The van der Waals surface area contributed by atoms with Crippen molar-refractivity contribution in [3.63, 3.8) is 0 Å². The van der Waals surface area contributed by atoms with Gasteiger partial charge in [0, 0.05) is 37.9 Å². The number of thiazole rings is 1. The molecule has 0 bridgehead atoms. The number of aromatic nitrogens is 5. The van der Waals surface area contributed by atoms with E-state index in [0.29, 0.717) is 27.9 Å². The Bertz CT molecular complexity index is 769. The molecule has 3 aromatic rings. The van der Waals surface area contributed by atoms with Crippen LogP contribution in [0.1, 0.15) is 21.8 Å². The second kappa shape index (κ2) is 7.10. The third kappa shape index (κ3) is 3.78. The largest absolute Gasteiger partial charge is 0.351 e. The van der Waals surface area contributed by atoms with E-state index in [1.165, 1.54) is 11.3 Å². The molecule has 0 saturated heterocycles. The van der Waals surface area contributed by atoms with Gasteiger partial charge >= 0.3 is 0 Å². The molecule has 0 atom stereocenters. The van der Waals surface area contributed by atoms with Crippen molar-refractivity contribution in [3.8, 4) is 10.8 Å². The van der Waals surface area contributed by atoms with Crippen LogP contribution in [0.3, 0.4) is 0 Å². The average Bonchev–Trinajstić information content (AvgIpc) is 3.22. The molecule has 0 aliphatic rings. The maximum atomic E-state index is 12.3. The molecule has 3 rings (SSSR count). The highest BCUT2D eigenvalue weighted by Gasteiger charge is 2.16. The van der Waals surface area contributed by atoms with Gasteiger partial charge in [0.2, 0.25) is 0 Å². The molecular formula is C15H16N6OS. The lowest BCUT2D eigenvalue weighted by molar-refractivity contribution is 0.0956. The molecule has 0 aliphatic carbocycles. The van der Waals surface area contributed by atoms with E-state index in [-0.39, 0.29) is 5.91 Å². The first-order chi connectivity index (χ1) is 11.2. The maximum absolute atomic E-state index is 12.3. The number of hydrogen-bond donors (Lipinski definition) is 1. The molecule has 1 amide bonds. The zero-order chi connectivity index (χ0) is 16.1. The molecule has 3 aromatic heterocycles. The average molecular weight is 328 g/mol. The minimum absolute atomic E-state index is 0.104. The lowest BCUT2D eigenvalue weighted by Crippen LogP contribution is -2.25. The van der Waals surface area contributed by atoms with Gasteiger partial charge in [-0.15, -0.1) is 11.3 Å². The quantitative estimate of drug-likeness (QED) is 0.699. The standard InChI is InChI=1S/C15H16N6OS/c1-11-12(23-15(20-11)13-17-4-2-5-18-13)14(22)19-6-3-8-21-9-7-16-10-21/h2,4-5,7,9-10H,3,6,8H2,1H3,(H,19,22). The number of aryl methyl sites for hydroxylation is 2. The molecule has 1 N–H and O–H groups in total. The number of carbonyl (C=O) groups is 1. The SMILES string of the molecule is Cc1nc(-c2ncccn2)sc1C(=O)NCCCn1ccnc1. The van der Waals surface area contributed by atoms with Crippen LogP contribution in [0.15, 0.2) is 37.2 Å². The van der Waals surface area contributed by atoms with Gasteiger partial charge in [-0.3, -0.25) is 4.79 Å². The molecule has 118 valence electrons. The highest BCUT2D eigenvalue weighted by Crippen LogP contribution is 2.24. The van der Waals surface area contributed by atoms with E-state index in [9.17, 15) is 4.79 Å². The lowest BCUT2D eigenvalue weighted by Gasteiger charge is -2.04. The molecule has 0 aliphatic heterocycles. The molecule has 0 fully saturated rings. The van der Waals surface area contributed by atoms with Crippen LogP contribution < -0.4 is 5.32 Å². The van der Waals surface area contributed by atoms with Crippen LogP contribution in [0.25, 0.3) is 10.8 Å². The molecular weight excluding hydrogens is 312 g/mol. The summed E-state index contributed by atoms with van der Waals surface area (Å²) in [5.41, 5.74) is 0.699. The second-order valence-electron chi connectivity index (χ2n) is 4.92. The summed E-state index contributed by atoms with van der Waals surface area (Å²) in [6, 6.07) is 1.75. The number of carbonyl (C=O) groups excluding carboxylic acids is 1. The Kier molecular flexibility index (Phi) is 4.72. The molecule has 0 radical (unpaired) electrons. The summed E-state index contributed by atoms with van der Waals surface area (Å²) < 4.78 is 1.98. The fourth-order valence-electron chi connectivity index (χ4n) is 2.08. The third-order valence-electron chi connectivity index (χ3n) is 3.20.